The Kier molecular flexibility index (Phi) is 3.60. The summed E-state index contributed by atoms with van der Waals surface area (Å²) >= 11 is -2.48. The Morgan fingerprint density at radius 1 is 1.46 bits per heavy atom. The molecule has 0 aliphatic heterocycles. The Morgan fingerprint density at radius 2 is 2.08 bits per heavy atom. The van der Waals surface area contributed by atoms with Crippen molar-refractivity contribution in [1.29, 1.82) is 0 Å². The van der Waals surface area contributed by atoms with Gasteiger partial charge >= 0.3 is 11.4 Å². The molecule has 0 aliphatic rings. The molecular formula is C8H7FO3S. The number of benzene rings is 1. The molecule has 1 unspecified atom stereocenters. The smallest absolute Gasteiger partial charge is 0.356 e. The van der Waals surface area contributed by atoms with Crippen molar-refractivity contribution in [2.24, 2.45) is 0 Å². The lowest BCUT2D eigenvalue weighted by Gasteiger charge is -1.95. The molecule has 0 saturated heterocycles. The maximum Gasteiger partial charge on any atom is 0.356 e. The van der Waals surface area contributed by atoms with Crippen LogP contribution < -0.4 is 0 Å². The predicted octanol–water partition coefficient (Wildman–Crippen LogP) is 2.11. The Bertz CT molecular complexity index is 323. The molecule has 0 aromatic heterocycles. The zero-order valence-corrected chi connectivity index (χ0v) is 7.33. The highest BCUT2D eigenvalue weighted by molar-refractivity contribution is 7.74. The van der Waals surface area contributed by atoms with Crippen LogP contribution in [0.4, 0.5) is 4.39 Å². The molecule has 0 heterocycles. The van der Waals surface area contributed by atoms with Gasteiger partial charge in [-0.1, -0.05) is 30.3 Å². The highest BCUT2D eigenvalue weighted by atomic mass is 32.2. The van der Waals surface area contributed by atoms with Gasteiger partial charge in [-0.25, -0.2) is 4.39 Å². The van der Waals surface area contributed by atoms with Gasteiger partial charge in [-0.2, -0.15) is 4.21 Å². The second-order valence-corrected chi connectivity index (χ2v) is 2.77. The summed E-state index contributed by atoms with van der Waals surface area (Å²) in [6, 6.07) is 8.09. The van der Waals surface area contributed by atoms with E-state index in [2.05, 4.69) is 4.18 Å². The van der Waals surface area contributed by atoms with E-state index in [0.29, 0.717) is 11.8 Å². The molecule has 70 valence electrons. The van der Waals surface area contributed by atoms with Crippen LogP contribution in [0.15, 0.2) is 36.6 Å². The van der Waals surface area contributed by atoms with E-state index in [1.165, 1.54) is 12.1 Å². The summed E-state index contributed by atoms with van der Waals surface area (Å²) < 4.78 is 35.2. The third kappa shape index (κ3) is 3.35. The quantitative estimate of drug-likeness (QED) is 0.603. The number of hydrogen-bond donors (Lipinski definition) is 1. The van der Waals surface area contributed by atoms with Gasteiger partial charge in [0.2, 0.25) is 0 Å². The van der Waals surface area contributed by atoms with Gasteiger partial charge in [0, 0.05) is 5.56 Å². The SMILES string of the molecule is O=S(O)OC=C(F)c1ccccc1. The van der Waals surface area contributed by atoms with Gasteiger partial charge < -0.3 is 4.18 Å². The number of hydrogen-bond acceptors (Lipinski definition) is 2. The van der Waals surface area contributed by atoms with Crippen LogP contribution in [0.5, 0.6) is 0 Å². The minimum atomic E-state index is -2.48. The molecule has 0 radical (unpaired) electrons. The van der Waals surface area contributed by atoms with Crippen LogP contribution in [0.2, 0.25) is 0 Å². The monoisotopic (exact) mass is 202 g/mol. The first-order valence-electron chi connectivity index (χ1n) is 3.39. The van der Waals surface area contributed by atoms with Crippen molar-refractivity contribution >= 4 is 17.2 Å². The van der Waals surface area contributed by atoms with E-state index in [4.69, 9.17) is 4.55 Å². The number of halogens is 1. The average Bonchev–Trinajstić information content (AvgIpc) is 2.15. The summed E-state index contributed by atoms with van der Waals surface area (Å²) in [6.45, 7) is 0. The standard InChI is InChI=1S/C8H7FO3S/c9-8(6-12-13(10)11)7-4-2-1-3-5-7/h1-6H,(H,10,11). The topological polar surface area (TPSA) is 46.5 Å². The van der Waals surface area contributed by atoms with E-state index in [9.17, 15) is 8.60 Å². The summed E-state index contributed by atoms with van der Waals surface area (Å²) in [7, 11) is 0. The Morgan fingerprint density at radius 3 is 2.62 bits per heavy atom. The molecule has 5 heteroatoms. The first-order valence-corrected chi connectivity index (χ1v) is 4.42. The van der Waals surface area contributed by atoms with Crippen LogP contribution in [0.25, 0.3) is 5.83 Å². The molecule has 1 aromatic carbocycles. The Labute approximate surface area is 77.3 Å². The fraction of sp³-hybridized carbons (Fsp3) is 0. The molecule has 0 amide bonds. The normalized spacial score (nSPS) is 13.8. The van der Waals surface area contributed by atoms with Crippen molar-refractivity contribution in [2.75, 3.05) is 0 Å². The predicted molar refractivity (Wildman–Crippen MR) is 47.4 cm³/mol. The van der Waals surface area contributed by atoms with Gasteiger partial charge in [0.1, 0.15) is 6.26 Å². The van der Waals surface area contributed by atoms with Gasteiger partial charge in [-0.15, -0.1) is 0 Å². The molecule has 0 aliphatic carbocycles. The zero-order chi connectivity index (χ0) is 9.68. The van der Waals surface area contributed by atoms with Gasteiger partial charge in [0.25, 0.3) is 0 Å². The summed E-state index contributed by atoms with van der Waals surface area (Å²) in [5.74, 6) is -0.692. The molecule has 0 saturated carbocycles. The fourth-order valence-corrected chi connectivity index (χ4v) is 0.916. The van der Waals surface area contributed by atoms with E-state index >= 15 is 0 Å². The summed E-state index contributed by atoms with van der Waals surface area (Å²) in [5, 5.41) is 0. The van der Waals surface area contributed by atoms with E-state index in [0.717, 1.165) is 0 Å². The summed E-state index contributed by atoms with van der Waals surface area (Å²) in [4.78, 5) is 0. The van der Waals surface area contributed by atoms with Gasteiger partial charge in [-0.3, -0.25) is 4.55 Å². The van der Waals surface area contributed by atoms with E-state index < -0.39 is 17.2 Å². The lowest BCUT2D eigenvalue weighted by Crippen LogP contribution is -1.87. The molecule has 0 spiro atoms. The maximum atomic E-state index is 13.0. The van der Waals surface area contributed by atoms with Gasteiger partial charge in [0.05, 0.1) is 0 Å². The van der Waals surface area contributed by atoms with Crippen molar-refractivity contribution in [3.8, 4) is 0 Å². The fourth-order valence-electron chi connectivity index (χ4n) is 0.749. The van der Waals surface area contributed by atoms with Crippen molar-refractivity contribution in [1.82, 2.24) is 0 Å². The van der Waals surface area contributed by atoms with Crippen LogP contribution >= 0.6 is 0 Å². The van der Waals surface area contributed by atoms with Crippen molar-refractivity contribution in [3.05, 3.63) is 42.2 Å². The minimum Gasteiger partial charge on any atom is -0.385 e. The van der Waals surface area contributed by atoms with Crippen LogP contribution in [-0.2, 0) is 15.5 Å². The van der Waals surface area contributed by atoms with E-state index in [1.54, 1.807) is 18.2 Å². The molecule has 0 fully saturated rings. The molecule has 1 rings (SSSR count). The van der Waals surface area contributed by atoms with Crippen LogP contribution in [0, 0.1) is 0 Å². The van der Waals surface area contributed by atoms with Crippen molar-refractivity contribution in [3.63, 3.8) is 0 Å². The lowest BCUT2D eigenvalue weighted by molar-refractivity contribution is 0.416. The highest BCUT2D eigenvalue weighted by Gasteiger charge is 1.99. The number of rotatable bonds is 3. The maximum absolute atomic E-state index is 13.0. The second kappa shape index (κ2) is 4.74. The summed E-state index contributed by atoms with van der Waals surface area (Å²) in [6.07, 6.45) is 0.603. The minimum absolute atomic E-state index is 0.299. The van der Waals surface area contributed by atoms with E-state index in [1.807, 2.05) is 0 Å². The van der Waals surface area contributed by atoms with Gasteiger partial charge in [-0.05, 0) is 0 Å². The second-order valence-electron chi connectivity index (χ2n) is 2.15. The molecule has 1 N–H and O–H groups in total. The van der Waals surface area contributed by atoms with Crippen LogP contribution in [0.3, 0.4) is 0 Å². The first kappa shape index (κ1) is 9.88. The molecular weight excluding hydrogens is 195 g/mol. The van der Waals surface area contributed by atoms with Crippen molar-refractivity contribution in [2.45, 2.75) is 0 Å². The molecule has 13 heavy (non-hydrogen) atoms. The average molecular weight is 202 g/mol. The van der Waals surface area contributed by atoms with E-state index in [-0.39, 0.29) is 0 Å². The van der Waals surface area contributed by atoms with Crippen LogP contribution in [-0.4, -0.2) is 8.76 Å². The third-order valence-corrected chi connectivity index (χ3v) is 1.54. The van der Waals surface area contributed by atoms with Crippen molar-refractivity contribution < 1.29 is 17.3 Å². The highest BCUT2D eigenvalue weighted by Crippen LogP contribution is 2.14. The first-order chi connectivity index (χ1) is 6.20. The molecule has 0 bridgehead atoms. The Balaban J connectivity index is 2.73. The Hall–Kier alpha value is -1.20. The largest absolute Gasteiger partial charge is 0.385 e. The molecule has 1 atom stereocenters. The lowest BCUT2D eigenvalue weighted by atomic mass is 10.2. The summed E-state index contributed by atoms with van der Waals surface area (Å²) in [5.41, 5.74) is 0.299. The molecule has 1 aromatic rings. The third-order valence-electron chi connectivity index (χ3n) is 1.28. The molecule has 3 nitrogen and oxygen atoms in total. The van der Waals surface area contributed by atoms with Gasteiger partial charge in [0.15, 0.2) is 5.83 Å². The van der Waals surface area contributed by atoms with Crippen LogP contribution in [0.1, 0.15) is 5.56 Å². The zero-order valence-electron chi connectivity index (χ0n) is 6.51.